The Kier molecular flexibility index (Phi) is 6.02. The molecule has 0 radical (unpaired) electrons. The fourth-order valence-corrected chi connectivity index (χ4v) is 3.20. The van der Waals surface area contributed by atoms with Crippen molar-refractivity contribution in [2.75, 3.05) is 43.2 Å². The van der Waals surface area contributed by atoms with Gasteiger partial charge in [-0.1, -0.05) is 6.07 Å². The number of anilines is 2. The van der Waals surface area contributed by atoms with Crippen LogP contribution >= 0.6 is 0 Å². The highest BCUT2D eigenvalue weighted by atomic mass is 32.2. The zero-order valence-electron chi connectivity index (χ0n) is 14.7. The van der Waals surface area contributed by atoms with Crippen molar-refractivity contribution in [1.29, 1.82) is 0 Å². The van der Waals surface area contributed by atoms with E-state index < -0.39 is 16.1 Å². The molecule has 0 unspecified atom stereocenters. The lowest BCUT2D eigenvalue weighted by Gasteiger charge is -2.18. The summed E-state index contributed by atoms with van der Waals surface area (Å²) in [5.74, 6) is -0.0949. The molecule has 1 heterocycles. The summed E-state index contributed by atoms with van der Waals surface area (Å²) in [5.41, 5.74) is 2.19. The highest BCUT2D eigenvalue weighted by Gasteiger charge is 2.22. The first kappa shape index (κ1) is 19.2. The molecule has 1 aliphatic rings. The lowest BCUT2D eigenvalue weighted by molar-refractivity contribution is -0.117. The molecule has 0 saturated carbocycles. The normalized spacial score (nSPS) is 14.9. The Labute approximate surface area is 148 Å². The smallest absolute Gasteiger partial charge is 0.319 e. The molecule has 2 rings (SSSR count). The number of benzene rings is 1. The Morgan fingerprint density at radius 2 is 2.04 bits per heavy atom. The second-order valence-corrected chi connectivity index (χ2v) is 8.43. The van der Waals surface area contributed by atoms with Crippen LogP contribution < -0.4 is 15.5 Å². The van der Waals surface area contributed by atoms with Crippen molar-refractivity contribution in [2.45, 2.75) is 19.8 Å². The summed E-state index contributed by atoms with van der Waals surface area (Å²) in [6, 6.07) is 4.97. The third-order valence-electron chi connectivity index (χ3n) is 4.06. The van der Waals surface area contributed by atoms with Crippen LogP contribution in [0, 0.1) is 6.92 Å². The summed E-state index contributed by atoms with van der Waals surface area (Å²) >= 11 is 0. The van der Waals surface area contributed by atoms with E-state index in [1.807, 2.05) is 19.1 Å². The van der Waals surface area contributed by atoms with Gasteiger partial charge < -0.3 is 15.5 Å². The van der Waals surface area contributed by atoms with E-state index in [1.165, 1.54) is 14.1 Å². The van der Waals surface area contributed by atoms with E-state index in [4.69, 9.17) is 0 Å². The zero-order chi connectivity index (χ0) is 18.6. The second-order valence-electron chi connectivity index (χ2n) is 6.13. The Hall–Kier alpha value is -2.13. The number of nitrogens with zero attached hydrogens (tertiary/aromatic N) is 2. The molecule has 9 heteroatoms. The van der Waals surface area contributed by atoms with Gasteiger partial charge in [-0.25, -0.2) is 17.5 Å². The van der Waals surface area contributed by atoms with Crippen LogP contribution in [0.5, 0.6) is 0 Å². The van der Waals surface area contributed by atoms with Crippen LogP contribution in [0.25, 0.3) is 0 Å². The molecule has 1 aromatic carbocycles. The van der Waals surface area contributed by atoms with Gasteiger partial charge in [0.15, 0.2) is 0 Å². The summed E-state index contributed by atoms with van der Waals surface area (Å²) in [6.07, 6.45) is 1.37. The summed E-state index contributed by atoms with van der Waals surface area (Å²) < 4.78 is 24.4. The van der Waals surface area contributed by atoms with Crippen LogP contribution in [0.1, 0.15) is 18.4 Å². The van der Waals surface area contributed by atoms with E-state index in [1.54, 1.807) is 11.0 Å². The van der Waals surface area contributed by atoms with Gasteiger partial charge in [0.25, 0.3) is 0 Å². The van der Waals surface area contributed by atoms with E-state index in [-0.39, 0.29) is 18.2 Å². The Morgan fingerprint density at radius 1 is 1.32 bits per heavy atom. The van der Waals surface area contributed by atoms with Gasteiger partial charge in [0, 0.05) is 45.0 Å². The maximum Gasteiger partial charge on any atom is 0.319 e. The minimum atomic E-state index is -3.35. The summed E-state index contributed by atoms with van der Waals surface area (Å²) in [4.78, 5) is 25.6. The molecule has 8 nitrogen and oxygen atoms in total. The number of nitrogens with one attached hydrogen (secondary N) is 2. The molecular weight excluding hydrogens is 344 g/mol. The number of carbonyl (C=O) groups excluding carboxylic acids is 2. The minimum absolute atomic E-state index is 0.00962. The molecule has 0 aliphatic carbocycles. The quantitative estimate of drug-likeness (QED) is 0.786. The van der Waals surface area contributed by atoms with Gasteiger partial charge in [0.05, 0.1) is 5.75 Å². The monoisotopic (exact) mass is 368 g/mol. The largest absolute Gasteiger partial charge is 0.337 e. The molecule has 2 N–H and O–H groups in total. The standard InChI is InChI=1S/C16H24N4O4S/c1-12-6-7-13(20-9-4-5-15(20)21)11-14(12)18-16(22)17-8-10-25(23,24)19(2)3/h6-7,11H,4-5,8-10H2,1-3H3,(H2,17,18,22). The van der Waals surface area contributed by atoms with Crippen LogP contribution in [-0.2, 0) is 14.8 Å². The Bertz CT molecular complexity index is 761. The topological polar surface area (TPSA) is 98.8 Å². The molecule has 1 aliphatic heterocycles. The highest BCUT2D eigenvalue weighted by Crippen LogP contribution is 2.26. The van der Waals surface area contributed by atoms with E-state index in [2.05, 4.69) is 10.6 Å². The number of urea groups is 1. The number of amides is 3. The lowest BCUT2D eigenvalue weighted by Crippen LogP contribution is -2.36. The first-order valence-corrected chi connectivity index (χ1v) is 9.68. The zero-order valence-corrected chi connectivity index (χ0v) is 15.5. The predicted molar refractivity (Wildman–Crippen MR) is 97.3 cm³/mol. The van der Waals surface area contributed by atoms with Gasteiger partial charge in [-0.15, -0.1) is 0 Å². The van der Waals surface area contributed by atoms with Crippen LogP contribution in [0.4, 0.5) is 16.2 Å². The van der Waals surface area contributed by atoms with E-state index in [0.29, 0.717) is 18.7 Å². The summed E-state index contributed by atoms with van der Waals surface area (Å²) in [5, 5.41) is 5.24. The molecular formula is C16H24N4O4S. The number of aryl methyl sites for hydroxylation is 1. The third-order valence-corrected chi connectivity index (χ3v) is 5.89. The summed E-state index contributed by atoms with van der Waals surface area (Å²) in [7, 11) is -0.455. The molecule has 0 atom stereocenters. The number of sulfonamides is 1. The summed E-state index contributed by atoms with van der Waals surface area (Å²) in [6.45, 7) is 2.54. The van der Waals surface area contributed by atoms with Gasteiger partial charge in [0.2, 0.25) is 15.9 Å². The SMILES string of the molecule is Cc1ccc(N2CCCC2=O)cc1NC(=O)NCCS(=O)(=O)N(C)C. The van der Waals surface area contributed by atoms with Crippen molar-refractivity contribution in [3.63, 3.8) is 0 Å². The number of hydrogen-bond donors (Lipinski definition) is 2. The molecule has 25 heavy (non-hydrogen) atoms. The van der Waals surface area contributed by atoms with Crippen LogP contribution in [0.3, 0.4) is 0 Å². The Morgan fingerprint density at radius 3 is 2.64 bits per heavy atom. The van der Waals surface area contributed by atoms with E-state index in [9.17, 15) is 18.0 Å². The fraction of sp³-hybridized carbons (Fsp3) is 0.500. The average Bonchev–Trinajstić information content (AvgIpc) is 2.95. The van der Waals surface area contributed by atoms with Gasteiger partial charge in [0.1, 0.15) is 0 Å². The van der Waals surface area contributed by atoms with E-state index >= 15 is 0 Å². The third kappa shape index (κ3) is 4.93. The molecule has 1 fully saturated rings. The first-order valence-electron chi connectivity index (χ1n) is 8.07. The fourth-order valence-electron chi connectivity index (χ4n) is 2.48. The van der Waals surface area contributed by atoms with Crippen molar-refractivity contribution in [1.82, 2.24) is 9.62 Å². The number of carbonyl (C=O) groups is 2. The van der Waals surface area contributed by atoms with Crippen LogP contribution in [0.2, 0.25) is 0 Å². The molecule has 0 aromatic heterocycles. The van der Waals surface area contributed by atoms with Crippen molar-refractivity contribution >= 4 is 33.3 Å². The van der Waals surface area contributed by atoms with Crippen molar-refractivity contribution in [3.05, 3.63) is 23.8 Å². The van der Waals surface area contributed by atoms with E-state index in [0.717, 1.165) is 22.0 Å². The second kappa shape index (κ2) is 7.83. The number of rotatable bonds is 6. The van der Waals surface area contributed by atoms with Gasteiger partial charge in [-0.05, 0) is 31.0 Å². The maximum atomic E-state index is 12.0. The Balaban J connectivity index is 1.97. The molecule has 0 spiro atoms. The van der Waals surface area contributed by atoms with Crippen molar-refractivity contribution < 1.29 is 18.0 Å². The molecule has 0 bridgehead atoms. The van der Waals surface area contributed by atoms with Gasteiger partial charge in [-0.3, -0.25) is 4.79 Å². The molecule has 138 valence electrons. The number of hydrogen-bond acceptors (Lipinski definition) is 4. The lowest BCUT2D eigenvalue weighted by atomic mass is 10.1. The van der Waals surface area contributed by atoms with Crippen molar-refractivity contribution in [2.24, 2.45) is 0 Å². The predicted octanol–water partition coefficient (Wildman–Crippen LogP) is 1.13. The molecule has 1 saturated heterocycles. The molecule has 3 amide bonds. The molecule has 1 aromatic rings. The van der Waals surface area contributed by atoms with Gasteiger partial charge >= 0.3 is 6.03 Å². The van der Waals surface area contributed by atoms with Gasteiger partial charge in [-0.2, -0.15) is 0 Å². The van der Waals surface area contributed by atoms with Crippen molar-refractivity contribution in [3.8, 4) is 0 Å². The average molecular weight is 368 g/mol. The van der Waals surface area contributed by atoms with Crippen LogP contribution in [0.15, 0.2) is 18.2 Å². The maximum absolute atomic E-state index is 12.0. The first-order chi connectivity index (χ1) is 11.7. The van der Waals surface area contributed by atoms with Crippen LogP contribution in [-0.4, -0.2) is 57.6 Å². The highest BCUT2D eigenvalue weighted by molar-refractivity contribution is 7.89. The minimum Gasteiger partial charge on any atom is -0.337 e.